The van der Waals surface area contributed by atoms with Gasteiger partial charge in [0.25, 0.3) is 5.70 Å². The molecule has 0 bridgehead atoms. The minimum absolute atomic E-state index is 0. The number of hydrogen-bond acceptors (Lipinski definition) is 4. The Hall–Kier alpha value is -4.89. The fourth-order valence-corrected chi connectivity index (χ4v) is 7.46. The van der Waals surface area contributed by atoms with Crippen molar-refractivity contribution in [2.45, 2.75) is 39.5 Å². The Morgan fingerprint density at radius 2 is 1.10 bits per heavy atom. The molecule has 1 aliphatic carbocycles. The third-order valence-electron chi connectivity index (χ3n) is 7.60. The van der Waals surface area contributed by atoms with Crippen LogP contribution < -0.4 is 21.2 Å². The van der Waals surface area contributed by atoms with Crippen LogP contribution >= 0.6 is 7.92 Å². The van der Waals surface area contributed by atoms with Gasteiger partial charge in [-0.1, -0.05) is 137 Å². The van der Waals surface area contributed by atoms with E-state index in [0.717, 1.165) is 16.8 Å². The standard InChI is InChI=1S/C19H22N2O3.C18H15P.C6H5.Ni/c1-12(2)16-6-5-7-17(13(3)4)19(16)20-11-14-10-15(21(23)24)8-9-18(14)22;1-4-10-16(11-5-1)19(17-12-6-2-7-13-17)18-14-8-3-9-15-18;1-2-4-6-5-3-1;/h5-13,20H,1-4H3;1-15H;1-5H;/q;;-1;/b14-11+;;;. The van der Waals surface area contributed by atoms with Gasteiger partial charge in [-0.05, 0) is 52.9 Å². The van der Waals surface area contributed by atoms with Crippen molar-refractivity contribution in [3.63, 3.8) is 0 Å². The van der Waals surface area contributed by atoms with Gasteiger partial charge >= 0.3 is 0 Å². The van der Waals surface area contributed by atoms with Gasteiger partial charge in [-0.3, -0.25) is 14.9 Å². The Kier molecular flexibility index (Phi) is 16.3. The number of benzene rings is 5. The Morgan fingerprint density at radius 3 is 1.46 bits per heavy atom. The Bertz CT molecular complexity index is 1730. The Morgan fingerprint density at radius 1 is 0.660 bits per heavy atom. The summed E-state index contributed by atoms with van der Waals surface area (Å²) in [6, 6.07) is 51.0. The van der Waals surface area contributed by atoms with Crippen LogP contribution in [0, 0.1) is 16.2 Å². The van der Waals surface area contributed by atoms with E-state index in [1.807, 2.05) is 36.4 Å². The van der Waals surface area contributed by atoms with Crippen molar-refractivity contribution in [1.29, 1.82) is 0 Å². The van der Waals surface area contributed by atoms with Gasteiger partial charge in [-0.2, -0.15) is 36.4 Å². The molecule has 0 radical (unpaired) electrons. The summed E-state index contributed by atoms with van der Waals surface area (Å²) in [5.41, 5.74) is 3.44. The molecule has 0 saturated heterocycles. The van der Waals surface area contributed by atoms with Crippen molar-refractivity contribution in [3.05, 3.63) is 203 Å². The molecule has 5 nitrogen and oxygen atoms in total. The maximum Gasteiger partial charge on any atom is 0.270 e. The first-order valence-corrected chi connectivity index (χ1v) is 17.6. The van der Waals surface area contributed by atoms with Crippen molar-refractivity contribution in [1.82, 2.24) is 0 Å². The number of rotatable bonds is 8. The molecule has 0 aliphatic heterocycles. The molecule has 6 rings (SSSR count). The molecule has 0 fully saturated rings. The first kappa shape index (κ1) is 39.6. The maximum atomic E-state index is 12.0. The fourth-order valence-electron chi connectivity index (χ4n) is 5.15. The third-order valence-corrected chi connectivity index (χ3v) is 10.0. The molecule has 1 aliphatic rings. The average molecular weight is 724 g/mol. The van der Waals surface area contributed by atoms with Crippen LogP contribution in [0.2, 0.25) is 0 Å². The zero-order valence-electron chi connectivity index (χ0n) is 28.7. The van der Waals surface area contributed by atoms with Crippen LogP contribution in [0.1, 0.15) is 50.7 Å². The zero-order chi connectivity index (χ0) is 35.0. The van der Waals surface area contributed by atoms with Crippen LogP contribution in [-0.2, 0) is 21.3 Å². The number of carbonyl (C=O) groups is 1. The van der Waals surface area contributed by atoms with Crippen LogP contribution in [-0.4, -0.2) is 10.7 Å². The molecular formula is C43H42N2NiO3P-. The van der Waals surface area contributed by atoms with E-state index in [2.05, 4.69) is 142 Å². The number of nitrogens with one attached hydrogen (secondary N) is 1. The summed E-state index contributed by atoms with van der Waals surface area (Å²) < 4.78 is 0. The predicted octanol–water partition coefficient (Wildman–Crippen LogP) is 9.46. The van der Waals surface area contributed by atoms with Crippen LogP contribution in [0.5, 0.6) is 0 Å². The monoisotopic (exact) mass is 723 g/mol. The molecule has 0 spiro atoms. The van der Waals surface area contributed by atoms with Gasteiger partial charge < -0.3 is 5.32 Å². The zero-order valence-corrected chi connectivity index (χ0v) is 30.6. The number of nitro groups is 1. The largest absolute Gasteiger partial charge is 0.360 e. The van der Waals surface area contributed by atoms with Crippen LogP contribution in [0.4, 0.5) is 5.69 Å². The molecule has 0 aromatic heterocycles. The summed E-state index contributed by atoms with van der Waals surface area (Å²) in [5, 5.41) is 18.3. The van der Waals surface area contributed by atoms with E-state index >= 15 is 0 Å². The fraction of sp³-hybridized carbons (Fsp3) is 0.140. The molecule has 0 amide bonds. The van der Waals surface area contributed by atoms with Gasteiger partial charge in [0.2, 0.25) is 0 Å². The van der Waals surface area contributed by atoms with E-state index < -0.39 is 12.8 Å². The van der Waals surface area contributed by atoms with E-state index in [1.54, 1.807) is 6.20 Å². The second kappa shape index (κ2) is 20.6. The molecule has 0 atom stereocenters. The average Bonchev–Trinajstić information content (AvgIpc) is 3.13. The summed E-state index contributed by atoms with van der Waals surface area (Å²) in [4.78, 5) is 22.4. The number of para-hydroxylation sites is 1. The number of allylic oxidation sites excluding steroid dienone is 4. The molecule has 0 saturated carbocycles. The quantitative estimate of drug-likeness (QED) is 0.0433. The number of anilines is 1. The molecular weight excluding hydrogens is 682 g/mol. The van der Waals surface area contributed by atoms with E-state index in [9.17, 15) is 14.9 Å². The van der Waals surface area contributed by atoms with Gasteiger partial charge in [0.05, 0.1) is 4.92 Å². The van der Waals surface area contributed by atoms with Crippen molar-refractivity contribution in [2.24, 2.45) is 0 Å². The van der Waals surface area contributed by atoms with Gasteiger partial charge in [0.1, 0.15) is 0 Å². The van der Waals surface area contributed by atoms with Gasteiger partial charge in [-0.25, -0.2) is 0 Å². The van der Waals surface area contributed by atoms with E-state index in [4.69, 9.17) is 0 Å². The molecule has 258 valence electrons. The van der Waals surface area contributed by atoms with Gasteiger partial charge in [-0.15, -0.1) is 0 Å². The van der Waals surface area contributed by atoms with Crippen LogP contribution in [0.3, 0.4) is 0 Å². The minimum atomic E-state index is -0.502. The van der Waals surface area contributed by atoms with E-state index in [0.29, 0.717) is 11.8 Å². The molecule has 1 N–H and O–H groups in total. The molecule has 5 aromatic rings. The molecule has 0 heterocycles. The molecule has 0 unspecified atom stereocenters. The summed E-state index contributed by atoms with van der Waals surface area (Å²) in [7, 11) is -0.446. The van der Waals surface area contributed by atoms with E-state index in [1.165, 1.54) is 34.1 Å². The Balaban J connectivity index is 0.000000231. The summed E-state index contributed by atoms with van der Waals surface area (Å²) in [6.45, 7) is 8.43. The second-order valence-electron chi connectivity index (χ2n) is 11.8. The second-order valence-corrected chi connectivity index (χ2v) is 14.0. The number of nitrogens with zero attached hydrogens (tertiary/aromatic N) is 1. The first-order valence-electron chi connectivity index (χ1n) is 16.3. The van der Waals surface area contributed by atoms with Crippen LogP contribution in [0.15, 0.2) is 175 Å². The molecule has 7 heteroatoms. The predicted molar refractivity (Wildman–Crippen MR) is 206 cm³/mol. The van der Waals surface area contributed by atoms with Crippen molar-refractivity contribution < 1.29 is 26.2 Å². The SMILES string of the molecule is CC(C)c1cccc(C(C)C)c1N/C=C1\C=C([N+](=O)[O-])C=CC1=O.[Ni].[c-]1ccccc1.c1ccc(P(c2ccccc2)c2ccccc2)cc1. The van der Waals surface area contributed by atoms with Gasteiger partial charge in [0.15, 0.2) is 5.78 Å². The summed E-state index contributed by atoms with van der Waals surface area (Å²) in [5.74, 6) is 0.383. The third kappa shape index (κ3) is 11.6. The van der Waals surface area contributed by atoms with Crippen molar-refractivity contribution in [3.8, 4) is 0 Å². The van der Waals surface area contributed by atoms with Crippen LogP contribution in [0.25, 0.3) is 0 Å². The summed E-state index contributed by atoms with van der Waals surface area (Å²) >= 11 is 0. The minimum Gasteiger partial charge on any atom is -0.360 e. The number of carbonyl (C=O) groups excluding carboxylic acids is 1. The summed E-state index contributed by atoms with van der Waals surface area (Å²) in [6.07, 6.45) is 5.30. The number of hydrogen-bond donors (Lipinski definition) is 1. The maximum absolute atomic E-state index is 12.0. The molecule has 5 aromatic carbocycles. The van der Waals surface area contributed by atoms with Gasteiger partial charge in [0, 0.05) is 46.1 Å². The topological polar surface area (TPSA) is 72.2 Å². The smallest absolute Gasteiger partial charge is 0.270 e. The first-order chi connectivity index (χ1) is 23.8. The Labute approximate surface area is 307 Å². The normalized spacial score (nSPS) is 12.7. The molecule has 50 heavy (non-hydrogen) atoms. The number of ketones is 1. The van der Waals surface area contributed by atoms with E-state index in [-0.39, 0.29) is 33.5 Å². The van der Waals surface area contributed by atoms with Crippen molar-refractivity contribution in [2.75, 3.05) is 5.32 Å². The van der Waals surface area contributed by atoms with Crippen molar-refractivity contribution >= 4 is 35.3 Å².